The third-order valence-corrected chi connectivity index (χ3v) is 5.27. The van der Waals surface area contributed by atoms with Gasteiger partial charge < -0.3 is 5.32 Å². The SMILES string of the molecule is Cc1c2nc(C(=O)NOCC3CC3)c(Nc3ccc(Br)cc3F)c(F)c2nn1C. The van der Waals surface area contributed by atoms with Crippen LogP contribution in [0.15, 0.2) is 22.7 Å². The quantitative estimate of drug-likeness (QED) is 0.534. The Labute approximate surface area is 173 Å². The van der Waals surface area contributed by atoms with Gasteiger partial charge >= 0.3 is 0 Å². The minimum absolute atomic E-state index is 0.00569. The second kappa shape index (κ2) is 7.68. The molecule has 3 aromatic rings. The van der Waals surface area contributed by atoms with Crippen molar-refractivity contribution in [2.75, 3.05) is 11.9 Å². The highest BCUT2D eigenvalue weighted by atomic mass is 79.9. The van der Waals surface area contributed by atoms with Crippen molar-refractivity contribution >= 4 is 44.2 Å². The van der Waals surface area contributed by atoms with E-state index in [1.807, 2.05) is 0 Å². The first-order valence-corrected chi connectivity index (χ1v) is 9.81. The molecule has 1 saturated carbocycles. The molecule has 0 bridgehead atoms. The first kappa shape index (κ1) is 19.7. The van der Waals surface area contributed by atoms with E-state index in [1.54, 1.807) is 20.0 Å². The zero-order valence-corrected chi connectivity index (χ0v) is 17.3. The van der Waals surface area contributed by atoms with Crippen LogP contribution in [0.5, 0.6) is 0 Å². The van der Waals surface area contributed by atoms with Crippen molar-refractivity contribution in [3.8, 4) is 0 Å². The zero-order chi connectivity index (χ0) is 20.7. The summed E-state index contributed by atoms with van der Waals surface area (Å²) < 4.78 is 31.6. The van der Waals surface area contributed by atoms with Gasteiger partial charge in [0.25, 0.3) is 5.91 Å². The molecule has 4 rings (SSSR count). The number of carbonyl (C=O) groups is 1. The number of nitrogens with one attached hydrogen (secondary N) is 2. The first-order chi connectivity index (χ1) is 13.8. The number of benzene rings is 1. The van der Waals surface area contributed by atoms with Gasteiger partial charge in [-0.25, -0.2) is 19.2 Å². The molecule has 0 aliphatic heterocycles. The Hall–Kier alpha value is -2.59. The van der Waals surface area contributed by atoms with Gasteiger partial charge in [-0.05, 0) is 43.9 Å². The van der Waals surface area contributed by atoms with E-state index in [0.29, 0.717) is 22.7 Å². The number of aryl methyl sites for hydroxylation is 2. The fraction of sp³-hybridized carbons (Fsp3) is 0.316. The molecule has 10 heteroatoms. The summed E-state index contributed by atoms with van der Waals surface area (Å²) in [6.45, 7) is 2.10. The number of halogens is 3. The average molecular weight is 466 g/mol. The van der Waals surface area contributed by atoms with Crippen molar-refractivity contribution in [3.05, 3.63) is 45.7 Å². The van der Waals surface area contributed by atoms with Gasteiger partial charge in [0.15, 0.2) is 11.5 Å². The number of rotatable bonds is 6. The van der Waals surface area contributed by atoms with Crippen LogP contribution < -0.4 is 10.8 Å². The van der Waals surface area contributed by atoms with Crippen molar-refractivity contribution in [3.63, 3.8) is 0 Å². The number of fused-ring (bicyclic) bond motifs is 1. The van der Waals surface area contributed by atoms with E-state index in [0.717, 1.165) is 12.8 Å². The summed E-state index contributed by atoms with van der Waals surface area (Å²) in [5.41, 5.74) is 2.60. The van der Waals surface area contributed by atoms with Crippen LogP contribution in [0.3, 0.4) is 0 Å². The summed E-state index contributed by atoms with van der Waals surface area (Å²) in [7, 11) is 1.65. The highest BCUT2D eigenvalue weighted by Gasteiger charge is 2.26. The van der Waals surface area contributed by atoms with Gasteiger partial charge in [-0.15, -0.1) is 0 Å². The monoisotopic (exact) mass is 465 g/mol. The molecule has 2 N–H and O–H groups in total. The molecule has 0 spiro atoms. The van der Waals surface area contributed by atoms with Gasteiger partial charge in [0.05, 0.1) is 18.0 Å². The lowest BCUT2D eigenvalue weighted by Crippen LogP contribution is -2.27. The Kier molecular flexibility index (Phi) is 5.22. The van der Waals surface area contributed by atoms with E-state index >= 15 is 4.39 Å². The smallest absolute Gasteiger partial charge is 0.295 e. The van der Waals surface area contributed by atoms with E-state index in [1.165, 1.54) is 16.8 Å². The first-order valence-electron chi connectivity index (χ1n) is 9.02. The van der Waals surface area contributed by atoms with Crippen LogP contribution in [0, 0.1) is 24.5 Å². The maximum atomic E-state index is 15.3. The lowest BCUT2D eigenvalue weighted by atomic mass is 10.2. The molecular formula is C19H18BrF2N5O2. The molecular weight excluding hydrogens is 448 g/mol. The van der Waals surface area contributed by atoms with E-state index in [4.69, 9.17) is 4.84 Å². The van der Waals surface area contributed by atoms with Gasteiger partial charge in [0, 0.05) is 11.5 Å². The van der Waals surface area contributed by atoms with Gasteiger partial charge in [0.2, 0.25) is 0 Å². The fourth-order valence-electron chi connectivity index (χ4n) is 2.83. The van der Waals surface area contributed by atoms with E-state index in [9.17, 15) is 9.18 Å². The molecule has 0 atom stereocenters. The Balaban J connectivity index is 1.76. The van der Waals surface area contributed by atoms with Crippen molar-refractivity contribution in [1.82, 2.24) is 20.2 Å². The number of hydrogen-bond donors (Lipinski definition) is 2. The second-order valence-electron chi connectivity index (χ2n) is 6.99. The number of hydrogen-bond acceptors (Lipinski definition) is 5. The van der Waals surface area contributed by atoms with E-state index in [2.05, 4.69) is 36.8 Å². The van der Waals surface area contributed by atoms with Gasteiger partial charge in [-0.2, -0.15) is 5.10 Å². The minimum atomic E-state index is -0.798. The number of anilines is 2. The molecule has 29 heavy (non-hydrogen) atoms. The molecule has 0 saturated heterocycles. The van der Waals surface area contributed by atoms with Crippen LogP contribution >= 0.6 is 15.9 Å². The number of carbonyl (C=O) groups excluding carboxylic acids is 1. The lowest BCUT2D eigenvalue weighted by Gasteiger charge is -2.14. The average Bonchev–Trinajstić information content (AvgIpc) is 3.45. The third-order valence-electron chi connectivity index (χ3n) is 4.78. The van der Waals surface area contributed by atoms with Crippen LogP contribution in [0.25, 0.3) is 11.0 Å². The molecule has 0 radical (unpaired) electrons. The Morgan fingerprint density at radius 1 is 1.34 bits per heavy atom. The summed E-state index contributed by atoms with van der Waals surface area (Å²) in [6, 6.07) is 4.26. The van der Waals surface area contributed by atoms with Gasteiger partial charge in [-0.3, -0.25) is 14.3 Å². The van der Waals surface area contributed by atoms with Crippen molar-refractivity contribution in [1.29, 1.82) is 0 Å². The van der Waals surface area contributed by atoms with Crippen LogP contribution in [-0.2, 0) is 11.9 Å². The Morgan fingerprint density at radius 2 is 2.10 bits per heavy atom. The number of pyridine rings is 1. The van der Waals surface area contributed by atoms with Crippen molar-refractivity contribution < 1.29 is 18.4 Å². The molecule has 1 aromatic carbocycles. The highest BCUT2D eigenvalue weighted by molar-refractivity contribution is 9.10. The standard InChI is InChI=1S/C19H18BrF2N5O2/c1-9-15-17(25-27(9)2)14(22)16(23-13-6-5-11(20)7-12(13)21)18(24-15)19(28)26-29-8-10-3-4-10/h5-7,10,23H,3-4,8H2,1-2H3,(H,26,28). The molecule has 152 valence electrons. The summed E-state index contributed by atoms with van der Waals surface area (Å²) >= 11 is 3.17. The number of amides is 1. The Morgan fingerprint density at radius 3 is 2.79 bits per heavy atom. The second-order valence-corrected chi connectivity index (χ2v) is 7.91. The number of hydroxylamine groups is 1. The third kappa shape index (κ3) is 3.95. The predicted octanol–water partition coefficient (Wildman–Crippen LogP) is 4.13. The molecule has 1 aliphatic carbocycles. The topological polar surface area (TPSA) is 81.1 Å². The van der Waals surface area contributed by atoms with Crippen LogP contribution in [0.1, 0.15) is 29.0 Å². The molecule has 7 nitrogen and oxygen atoms in total. The van der Waals surface area contributed by atoms with E-state index in [-0.39, 0.29) is 28.1 Å². The van der Waals surface area contributed by atoms with Crippen molar-refractivity contribution in [2.45, 2.75) is 19.8 Å². The number of nitrogens with zero attached hydrogens (tertiary/aromatic N) is 3. The van der Waals surface area contributed by atoms with Gasteiger partial charge in [-0.1, -0.05) is 15.9 Å². The summed E-state index contributed by atoms with van der Waals surface area (Å²) in [4.78, 5) is 22.2. The largest absolute Gasteiger partial charge is 0.349 e. The molecule has 1 amide bonds. The normalized spacial score (nSPS) is 13.7. The zero-order valence-electron chi connectivity index (χ0n) is 15.7. The van der Waals surface area contributed by atoms with Gasteiger partial charge in [0.1, 0.15) is 22.5 Å². The van der Waals surface area contributed by atoms with E-state index < -0.39 is 17.5 Å². The number of aromatic nitrogens is 3. The fourth-order valence-corrected chi connectivity index (χ4v) is 3.16. The molecule has 0 unspecified atom stereocenters. The maximum absolute atomic E-state index is 15.3. The lowest BCUT2D eigenvalue weighted by molar-refractivity contribution is 0.0267. The molecule has 1 fully saturated rings. The minimum Gasteiger partial charge on any atom is -0.349 e. The summed E-state index contributed by atoms with van der Waals surface area (Å²) in [5.74, 6) is -1.71. The Bertz CT molecular complexity index is 1110. The maximum Gasteiger partial charge on any atom is 0.295 e. The van der Waals surface area contributed by atoms with Crippen LogP contribution in [0.4, 0.5) is 20.2 Å². The van der Waals surface area contributed by atoms with Crippen LogP contribution in [0.2, 0.25) is 0 Å². The highest BCUT2D eigenvalue weighted by Crippen LogP contribution is 2.32. The van der Waals surface area contributed by atoms with Crippen LogP contribution in [-0.4, -0.2) is 27.3 Å². The van der Waals surface area contributed by atoms with Crippen molar-refractivity contribution in [2.24, 2.45) is 13.0 Å². The molecule has 1 aliphatic rings. The summed E-state index contributed by atoms with van der Waals surface area (Å²) in [6.07, 6.45) is 2.11. The summed E-state index contributed by atoms with van der Waals surface area (Å²) in [5, 5.41) is 6.77. The predicted molar refractivity (Wildman–Crippen MR) is 107 cm³/mol. The molecule has 2 heterocycles. The molecule has 2 aromatic heterocycles.